The zero-order valence-electron chi connectivity index (χ0n) is 11.7. The summed E-state index contributed by atoms with van der Waals surface area (Å²) in [5.41, 5.74) is 6.24. The van der Waals surface area contributed by atoms with Gasteiger partial charge in [0.25, 0.3) is 0 Å². The topological polar surface area (TPSA) is 60.2 Å². The van der Waals surface area contributed by atoms with Gasteiger partial charge in [0.15, 0.2) is 0 Å². The molecule has 0 aromatic heterocycles. The first-order valence-electron chi connectivity index (χ1n) is 7.51. The monoisotopic (exact) mass is 275 g/mol. The van der Waals surface area contributed by atoms with Gasteiger partial charge in [-0.1, -0.05) is 39.0 Å². The average molecular weight is 275 g/mol. The van der Waals surface area contributed by atoms with Crippen LogP contribution >= 0.6 is 0 Å². The number of hydrogen-bond donors (Lipinski definition) is 1. The standard InChI is InChI=1S/C14H29NO2S/c1-2-18(16,17)12-8-11-14(15)13-9-6-4-3-5-7-10-13/h13-14H,2-12,15H2,1H3. The third-order valence-corrected chi connectivity index (χ3v) is 5.98. The first-order valence-corrected chi connectivity index (χ1v) is 9.33. The van der Waals surface area contributed by atoms with E-state index in [2.05, 4.69) is 0 Å². The van der Waals surface area contributed by atoms with Crippen LogP contribution in [0, 0.1) is 5.92 Å². The zero-order valence-corrected chi connectivity index (χ0v) is 12.6. The lowest BCUT2D eigenvalue weighted by Gasteiger charge is -2.25. The molecule has 1 unspecified atom stereocenters. The van der Waals surface area contributed by atoms with Gasteiger partial charge in [-0.25, -0.2) is 8.42 Å². The van der Waals surface area contributed by atoms with Crippen LogP contribution < -0.4 is 5.73 Å². The van der Waals surface area contributed by atoms with Gasteiger partial charge in [-0.15, -0.1) is 0 Å². The molecular formula is C14H29NO2S. The molecule has 2 N–H and O–H groups in total. The Morgan fingerprint density at radius 2 is 1.67 bits per heavy atom. The Bertz CT molecular complexity index is 306. The molecule has 0 aromatic rings. The smallest absolute Gasteiger partial charge is 0.150 e. The van der Waals surface area contributed by atoms with Crippen LogP contribution in [0.2, 0.25) is 0 Å². The van der Waals surface area contributed by atoms with Crippen molar-refractivity contribution in [2.75, 3.05) is 11.5 Å². The number of nitrogens with two attached hydrogens (primary N) is 1. The van der Waals surface area contributed by atoms with Crippen LogP contribution in [-0.4, -0.2) is 26.0 Å². The zero-order chi connectivity index (χ0) is 13.4. The maximum absolute atomic E-state index is 11.4. The van der Waals surface area contributed by atoms with E-state index >= 15 is 0 Å². The molecule has 1 atom stereocenters. The van der Waals surface area contributed by atoms with Gasteiger partial charge in [0.05, 0.1) is 5.75 Å². The normalized spacial score (nSPS) is 21.2. The van der Waals surface area contributed by atoms with Crippen LogP contribution in [0.15, 0.2) is 0 Å². The molecule has 1 saturated carbocycles. The summed E-state index contributed by atoms with van der Waals surface area (Å²) in [4.78, 5) is 0. The SMILES string of the molecule is CCS(=O)(=O)CCCC(N)C1CCCCCCC1. The summed E-state index contributed by atoms with van der Waals surface area (Å²) in [5.74, 6) is 1.19. The fraction of sp³-hybridized carbons (Fsp3) is 1.00. The van der Waals surface area contributed by atoms with Crippen LogP contribution in [0.25, 0.3) is 0 Å². The van der Waals surface area contributed by atoms with E-state index in [1.807, 2.05) is 0 Å². The molecule has 0 aromatic carbocycles. The second-order valence-corrected chi connectivity index (χ2v) is 8.12. The summed E-state index contributed by atoms with van der Waals surface area (Å²) in [6, 6.07) is 0.204. The number of hydrogen-bond acceptors (Lipinski definition) is 3. The quantitative estimate of drug-likeness (QED) is 0.811. The van der Waals surface area contributed by atoms with Crippen LogP contribution in [0.5, 0.6) is 0 Å². The van der Waals surface area contributed by atoms with Crippen molar-refractivity contribution in [3.8, 4) is 0 Å². The largest absolute Gasteiger partial charge is 0.327 e. The van der Waals surface area contributed by atoms with Gasteiger partial charge >= 0.3 is 0 Å². The van der Waals surface area contributed by atoms with Crippen molar-refractivity contribution in [1.82, 2.24) is 0 Å². The average Bonchev–Trinajstić information content (AvgIpc) is 2.28. The van der Waals surface area contributed by atoms with E-state index in [-0.39, 0.29) is 11.8 Å². The summed E-state index contributed by atoms with van der Waals surface area (Å²) in [5, 5.41) is 0. The lowest BCUT2D eigenvalue weighted by Crippen LogP contribution is -2.31. The molecule has 0 radical (unpaired) electrons. The molecule has 0 spiro atoms. The van der Waals surface area contributed by atoms with Gasteiger partial charge in [-0.05, 0) is 31.6 Å². The summed E-state index contributed by atoms with van der Waals surface area (Å²) in [7, 11) is -2.81. The van der Waals surface area contributed by atoms with Crippen LogP contribution in [0.3, 0.4) is 0 Å². The van der Waals surface area contributed by atoms with Crippen LogP contribution in [-0.2, 0) is 9.84 Å². The molecule has 0 heterocycles. The minimum absolute atomic E-state index is 0.204. The van der Waals surface area contributed by atoms with Gasteiger partial charge in [0.2, 0.25) is 0 Å². The van der Waals surface area contributed by atoms with E-state index in [1.165, 1.54) is 44.9 Å². The third kappa shape index (κ3) is 6.19. The molecule has 1 rings (SSSR count). The fourth-order valence-electron chi connectivity index (χ4n) is 2.83. The molecule has 108 valence electrons. The number of sulfone groups is 1. The molecular weight excluding hydrogens is 246 g/mol. The van der Waals surface area contributed by atoms with Crippen molar-refractivity contribution in [2.45, 2.75) is 70.8 Å². The maximum Gasteiger partial charge on any atom is 0.150 e. The Balaban J connectivity index is 2.28. The third-order valence-electron chi connectivity index (χ3n) is 4.19. The van der Waals surface area contributed by atoms with E-state index < -0.39 is 9.84 Å². The minimum Gasteiger partial charge on any atom is -0.327 e. The van der Waals surface area contributed by atoms with E-state index in [0.29, 0.717) is 11.7 Å². The minimum atomic E-state index is -2.81. The maximum atomic E-state index is 11.4. The van der Waals surface area contributed by atoms with Gasteiger partial charge in [-0.3, -0.25) is 0 Å². The molecule has 1 fully saturated rings. The second-order valence-electron chi connectivity index (χ2n) is 5.65. The van der Waals surface area contributed by atoms with Crippen molar-refractivity contribution in [1.29, 1.82) is 0 Å². The highest BCUT2D eigenvalue weighted by Gasteiger charge is 2.19. The Kier molecular flexibility index (Phi) is 7.23. The Labute approximate surface area is 112 Å². The fourth-order valence-corrected chi connectivity index (χ4v) is 3.73. The van der Waals surface area contributed by atoms with Crippen molar-refractivity contribution in [3.63, 3.8) is 0 Å². The lowest BCUT2D eigenvalue weighted by molar-refractivity contribution is 0.312. The summed E-state index contributed by atoms with van der Waals surface area (Å²) < 4.78 is 22.8. The molecule has 0 saturated heterocycles. The van der Waals surface area contributed by atoms with Crippen molar-refractivity contribution < 1.29 is 8.42 Å². The predicted molar refractivity (Wildman–Crippen MR) is 77.3 cm³/mol. The number of rotatable bonds is 6. The summed E-state index contributed by atoms with van der Waals surface area (Å²) >= 11 is 0. The first-order chi connectivity index (χ1) is 8.55. The second kappa shape index (κ2) is 8.16. The highest BCUT2D eigenvalue weighted by atomic mass is 32.2. The summed E-state index contributed by atoms with van der Waals surface area (Å²) in [6.07, 6.45) is 10.7. The molecule has 3 nitrogen and oxygen atoms in total. The van der Waals surface area contributed by atoms with Gasteiger partial charge in [0, 0.05) is 11.8 Å². The Morgan fingerprint density at radius 3 is 2.22 bits per heavy atom. The van der Waals surface area contributed by atoms with Gasteiger partial charge in [-0.2, -0.15) is 0 Å². The summed E-state index contributed by atoms with van der Waals surface area (Å²) in [6.45, 7) is 1.71. The predicted octanol–water partition coefficient (Wildman–Crippen LogP) is 2.89. The van der Waals surface area contributed by atoms with E-state index in [0.717, 1.165) is 12.8 Å². The Morgan fingerprint density at radius 1 is 1.11 bits per heavy atom. The molecule has 0 amide bonds. The van der Waals surface area contributed by atoms with Crippen molar-refractivity contribution >= 4 is 9.84 Å². The van der Waals surface area contributed by atoms with E-state index in [9.17, 15) is 8.42 Å². The van der Waals surface area contributed by atoms with Crippen molar-refractivity contribution in [3.05, 3.63) is 0 Å². The highest BCUT2D eigenvalue weighted by Crippen LogP contribution is 2.25. The van der Waals surface area contributed by atoms with Gasteiger partial charge in [0.1, 0.15) is 9.84 Å². The highest BCUT2D eigenvalue weighted by molar-refractivity contribution is 7.91. The first kappa shape index (κ1) is 16.0. The molecule has 18 heavy (non-hydrogen) atoms. The van der Waals surface area contributed by atoms with Crippen LogP contribution in [0.4, 0.5) is 0 Å². The van der Waals surface area contributed by atoms with E-state index in [1.54, 1.807) is 6.92 Å². The van der Waals surface area contributed by atoms with Crippen molar-refractivity contribution in [2.24, 2.45) is 11.7 Å². The van der Waals surface area contributed by atoms with Crippen LogP contribution in [0.1, 0.15) is 64.7 Å². The van der Waals surface area contributed by atoms with E-state index in [4.69, 9.17) is 5.73 Å². The van der Waals surface area contributed by atoms with Gasteiger partial charge < -0.3 is 5.73 Å². The molecule has 1 aliphatic carbocycles. The molecule has 0 bridgehead atoms. The molecule has 4 heteroatoms. The molecule has 1 aliphatic rings. The Hall–Kier alpha value is -0.0900. The molecule has 0 aliphatic heterocycles. The lowest BCUT2D eigenvalue weighted by atomic mass is 9.84.